The van der Waals surface area contributed by atoms with E-state index >= 15 is 0 Å². The van der Waals surface area contributed by atoms with Crippen LogP contribution in [0.4, 0.5) is 0 Å². The minimum atomic E-state index is 0.269. The number of rotatable bonds is 36. The van der Waals surface area contributed by atoms with Gasteiger partial charge in [-0.25, -0.2) is 0 Å². The fourth-order valence-corrected chi connectivity index (χ4v) is 10.7. The molecule has 0 atom stereocenters. The van der Waals surface area contributed by atoms with Crippen molar-refractivity contribution in [3.8, 4) is 0 Å². The Balaban J connectivity index is -0.000000177. The van der Waals surface area contributed by atoms with Gasteiger partial charge in [-0.05, 0) is 293 Å². The number of nitrogens with one attached hydrogen (secondary N) is 1. The maximum Gasteiger partial charge on any atom is 0.0514 e. The first-order valence-electron chi connectivity index (χ1n) is 52.3. The van der Waals surface area contributed by atoms with E-state index in [1.807, 2.05) is 0 Å². The lowest BCUT2D eigenvalue weighted by Crippen LogP contribution is -2.38. The van der Waals surface area contributed by atoms with Crippen LogP contribution in [0.3, 0.4) is 0 Å². The van der Waals surface area contributed by atoms with Crippen LogP contribution in [-0.4, -0.2) is 89.0 Å². The lowest BCUT2D eigenvalue weighted by Gasteiger charge is -2.39. The summed E-state index contributed by atoms with van der Waals surface area (Å²) in [6.07, 6.45) is 42.6. The summed E-state index contributed by atoms with van der Waals surface area (Å²) in [5, 5.41) is 3.55. The topological polar surface area (TPSA) is 52.2 Å². The zero-order valence-electron chi connectivity index (χ0n) is 101. The summed E-state index contributed by atoms with van der Waals surface area (Å²) >= 11 is 0. The number of unbranched alkanes of at least 4 members (excludes halogenated alkanes) is 3. The van der Waals surface area contributed by atoms with Crippen LogP contribution in [0.5, 0.6) is 0 Å². The predicted octanol–water partition coefficient (Wildman–Crippen LogP) is 40.5. The summed E-state index contributed by atoms with van der Waals surface area (Å²) in [4.78, 5) is 2.46. The molecule has 0 aromatic rings. The van der Waals surface area contributed by atoms with Gasteiger partial charge in [0, 0.05) is 44.1 Å². The van der Waals surface area contributed by atoms with Gasteiger partial charge in [-0.3, -0.25) is 0 Å². The number of hydrogen-bond donors (Lipinski definition) is 1. The van der Waals surface area contributed by atoms with Crippen molar-refractivity contribution in [2.75, 3.05) is 73.0 Å². The Morgan fingerprint density at radius 3 is 0.646 bits per heavy atom. The first kappa shape index (κ1) is 144. The molecule has 0 bridgehead atoms. The third kappa shape index (κ3) is 131. The van der Waals surface area contributed by atoms with Gasteiger partial charge in [-0.15, -0.1) is 0 Å². The summed E-state index contributed by atoms with van der Waals surface area (Å²) in [6.45, 7) is 147. The van der Waals surface area contributed by atoms with Crippen molar-refractivity contribution in [1.82, 2.24) is 10.2 Å². The van der Waals surface area contributed by atoms with Crippen LogP contribution >= 0.6 is 0 Å². The first-order chi connectivity index (χ1) is 55.5. The molecule has 1 N–H and O–H groups in total. The number of nitrogens with zero attached hydrogens (tertiary/aromatic N) is 1. The van der Waals surface area contributed by atoms with E-state index in [9.17, 15) is 0 Å². The Kier molecular flexibility index (Phi) is 73.5. The normalized spacial score (nSPS) is 13.9. The van der Waals surface area contributed by atoms with E-state index in [1.165, 1.54) is 141 Å². The third-order valence-electron chi connectivity index (χ3n) is 23.6. The van der Waals surface area contributed by atoms with Gasteiger partial charge >= 0.3 is 0 Å². The van der Waals surface area contributed by atoms with E-state index in [-0.39, 0.29) is 5.54 Å². The van der Waals surface area contributed by atoms with Crippen molar-refractivity contribution >= 4 is 0 Å². The quantitative estimate of drug-likeness (QED) is 0.0498. The van der Waals surface area contributed by atoms with E-state index in [2.05, 4.69) is 469 Å². The molecule has 0 aliphatic heterocycles. The molecular formula is C121H256N2O4. The second kappa shape index (κ2) is 65.0. The highest BCUT2D eigenvalue weighted by atomic mass is 16.5. The largest absolute Gasteiger partial charge is 0.381 e. The Bertz CT molecular complexity index is 2390. The molecule has 0 aliphatic carbocycles. The molecule has 0 heterocycles. The van der Waals surface area contributed by atoms with Crippen LogP contribution in [0.15, 0.2) is 36.5 Å². The SMILES string of the molecule is CC(C)(C)C/C=C/CC(C)(C)C.CC(C)(C)C/C=C/CCC(C)(C)C.CC(C)(C)C/C=C\CCC(C)(C)C.CC(C)(C)CCCOCC(C)(C)C.CC(C)(C)CCCOCC(C)(C)C.CC(C)(C)CCOCCC(C)(C)C.CC(C)(C)COCCCC(C)(C)C(C)(C)C.CC(C)(C)NCCCCCC(C)(C)C(C)(C)C.CN(CCCCC(C)(C)C(C)(C)C)C(C)(C)C. The van der Waals surface area contributed by atoms with Gasteiger partial charge in [-0.2, -0.15) is 0 Å². The van der Waals surface area contributed by atoms with Crippen LogP contribution < -0.4 is 5.32 Å². The summed E-state index contributed by atoms with van der Waals surface area (Å²) in [5.74, 6) is 0. The molecule has 0 aromatic carbocycles. The molecule has 0 aliphatic rings. The fraction of sp³-hybridized carbons (Fsp3) is 0.950. The van der Waals surface area contributed by atoms with Gasteiger partial charge in [0.2, 0.25) is 0 Å². The molecule has 6 heteroatoms. The Hall–Kier alpha value is -1.02. The van der Waals surface area contributed by atoms with E-state index < -0.39 is 0 Å². The molecule has 127 heavy (non-hydrogen) atoms. The average Bonchev–Trinajstić information content (AvgIpc) is 0.851. The van der Waals surface area contributed by atoms with E-state index in [0.717, 1.165) is 72.2 Å². The molecular weight excluding hydrogens is 1550 g/mol. The minimum Gasteiger partial charge on any atom is -0.381 e. The summed E-state index contributed by atoms with van der Waals surface area (Å²) in [7, 11) is 2.23. The standard InChI is InChI=1S/2C16H35N.C15H32O.2C13H26.3C12H26O.C12H24/c1-14(2,3)16(7,8)12-10-11-13-17(9)15(4,5)6;1-14(2,3)16(7,8)12-10-9-11-13-17-15(4,5)6;1-13(2,3)12-16-11-9-10-15(7,8)14(4,5)6;2*1-12(2,3)10-8-7-9-11-13(4,5)6;1-11(2,3)7-9-13-10-8-12(4,5)6;2*1-11(2,3)8-7-9-13-10-12(4,5)6;1-11(2,3)9-7-8-10-12(4,5)6/h10-13H2,1-9H3;17H,9-13H2,1-8H3;9-12H2,1-8H3;2*7-8H,9-11H2,1-6H3;3*7-10H2,1-6H3;7-8H,9-10H2,1-6H3/b;;;8-7+;8-7-;;;;8-7+. The van der Waals surface area contributed by atoms with Crippen LogP contribution in [-0.2, 0) is 18.9 Å². The minimum absolute atomic E-state index is 0.269. The highest BCUT2D eigenvalue weighted by Gasteiger charge is 2.34. The lowest BCUT2D eigenvalue weighted by atomic mass is 9.67. The Labute approximate surface area is 810 Å². The first-order valence-corrected chi connectivity index (χ1v) is 52.3. The molecule has 0 fully saturated rings. The second-order valence-corrected chi connectivity index (χ2v) is 61.6. The average molecular weight is 1800 g/mol. The van der Waals surface area contributed by atoms with Gasteiger partial charge in [0.25, 0.3) is 0 Å². The zero-order chi connectivity index (χ0) is 103. The van der Waals surface area contributed by atoms with Crippen molar-refractivity contribution in [3.63, 3.8) is 0 Å². The van der Waals surface area contributed by atoms with Crippen molar-refractivity contribution in [2.45, 2.75) is 574 Å². The van der Waals surface area contributed by atoms with E-state index in [0.29, 0.717) is 108 Å². The second-order valence-electron chi connectivity index (χ2n) is 61.6. The van der Waals surface area contributed by atoms with Crippen molar-refractivity contribution in [2.24, 2.45) is 103 Å². The Morgan fingerprint density at radius 1 is 0.205 bits per heavy atom. The van der Waals surface area contributed by atoms with Crippen LogP contribution in [0.1, 0.15) is 563 Å². The van der Waals surface area contributed by atoms with Crippen LogP contribution in [0.2, 0.25) is 0 Å². The monoisotopic (exact) mass is 1800 g/mol. The molecule has 0 radical (unpaired) electrons. The molecule has 0 amide bonds. The van der Waals surface area contributed by atoms with Crippen LogP contribution in [0.25, 0.3) is 0 Å². The maximum absolute atomic E-state index is 5.71. The van der Waals surface area contributed by atoms with Crippen molar-refractivity contribution in [1.29, 1.82) is 0 Å². The Morgan fingerprint density at radius 2 is 0.433 bits per heavy atom. The van der Waals surface area contributed by atoms with Crippen molar-refractivity contribution in [3.05, 3.63) is 36.5 Å². The van der Waals surface area contributed by atoms with E-state index in [4.69, 9.17) is 18.9 Å². The fourth-order valence-electron chi connectivity index (χ4n) is 10.7. The molecule has 774 valence electrons. The number of ether oxygens (including phenoxy) is 4. The predicted molar refractivity (Wildman–Crippen MR) is 590 cm³/mol. The van der Waals surface area contributed by atoms with Gasteiger partial charge in [0.15, 0.2) is 0 Å². The van der Waals surface area contributed by atoms with Gasteiger partial charge in [0.05, 0.1) is 19.8 Å². The smallest absolute Gasteiger partial charge is 0.0514 e. The van der Waals surface area contributed by atoms with Gasteiger partial charge < -0.3 is 29.2 Å². The maximum atomic E-state index is 5.71. The summed E-state index contributed by atoms with van der Waals surface area (Å²) in [5.41, 5.74) is 8.37. The lowest BCUT2D eigenvalue weighted by molar-refractivity contribution is 0.0507. The summed E-state index contributed by atoms with van der Waals surface area (Å²) < 4.78 is 22.5. The number of hydrogen-bond acceptors (Lipinski definition) is 6. The van der Waals surface area contributed by atoms with E-state index in [1.54, 1.807) is 0 Å². The van der Waals surface area contributed by atoms with Crippen molar-refractivity contribution < 1.29 is 18.9 Å². The summed E-state index contributed by atoms with van der Waals surface area (Å²) in [6, 6.07) is 0. The molecule has 6 nitrogen and oxygen atoms in total. The molecule has 0 unspecified atom stereocenters. The zero-order valence-corrected chi connectivity index (χ0v) is 101. The molecule has 0 rings (SSSR count). The third-order valence-corrected chi connectivity index (χ3v) is 23.6. The number of allylic oxidation sites excluding steroid dienone is 6. The van der Waals surface area contributed by atoms with Crippen LogP contribution in [0, 0.1) is 103 Å². The highest BCUT2D eigenvalue weighted by molar-refractivity contribution is 4.91. The molecule has 0 aromatic heterocycles. The molecule has 0 saturated heterocycles. The molecule has 0 saturated carbocycles. The van der Waals surface area contributed by atoms with Gasteiger partial charge in [-0.1, -0.05) is 430 Å². The highest BCUT2D eigenvalue weighted by Crippen LogP contribution is 2.44. The van der Waals surface area contributed by atoms with Gasteiger partial charge in [0.1, 0.15) is 0 Å². The molecule has 0 spiro atoms.